The topological polar surface area (TPSA) is 86.8 Å². The number of carbonyl (C=O) groups is 2. The van der Waals surface area contributed by atoms with E-state index in [0.29, 0.717) is 28.9 Å². The van der Waals surface area contributed by atoms with E-state index in [0.717, 1.165) is 23.3 Å². The third-order valence-electron chi connectivity index (χ3n) is 7.37. The molecule has 46 heavy (non-hydrogen) atoms. The maximum absolute atomic E-state index is 14.4. The van der Waals surface area contributed by atoms with E-state index in [-0.39, 0.29) is 23.5 Å². The van der Waals surface area contributed by atoms with Gasteiger partial charge in [0.25, 0.3) is 10.0 Å². The summed E-state index contributed by atoms with van der Waals surface area (Å²) < 4.78 is 69.8. The molecule has 4 aromatic rings. The number of alkyl halides is 3. The Bertz CT molecular complexity index is 1720. The molecule has 0 bridgehead atoms. The highest BCUT2D eigenvalue weighted by Crippen LogP contribution is 2.33. The second-order valence-corrected chi connectivity index (χ2v) is 12.7. The van der Waals surface area contributed by atoms with Gasteiger partial charge in [0.05, 0.1) is 16.1 Å². The van der Waals surface area contributed by atoms with Gasteiger partial charge in [0, 0.05) is 19.5 Å². The van der Waals surface area contributed by atoms with Crippen molar-refractivity contribution in [2.75, 3.05) is 17.4 Å². The van der Waals surface area contributed by atoms with E-state index in [4.69, 9.17) is 0 Å². The Labute approximate surface area is 267 Å². The van der Waals surface area contributed by atoms with Crippen LogP contribution in [0.3, 0.4) is 0 Å². The first-order valence-electron chi connectivity index (χ1n) is 14.8. The first-order valence-corrected chi connectivity index (χ1v) is 16.3. The number of anilines is 1. The summed E-state index contributed by atoms with van der Waals surface area (Å²) in [6.07, 6.45) is -3.98. The monoisotopic (exact) mass is 651 g/mol. The number of nitrogens with zero attached hydrogens (tertiary/aromatic N) is 2. The van der Waals surface area contributed by atoms with E-state index in [1.54, 1.807) is 6.07 Å². The largest absolute Gasteiger partial charge is 0.416 e. The molecule has 0 fully saturated rings. The molecule has 1 atom stereocenters. The molecule has 2 amide bonds. The third kappa shape index (κ3) is 8.75. The van der Waals surface area contributed by atoms with Crippen molar-refractivity contribution in [3.8, 4) is 0 Å². The van der Waals surface area contributed by atoms with E-state index in [1.165, 1.54) is 35.2 Å². The number of nitrogens with one attached hydrogen (secondary N) is 1. The Balaban J connectivity index is 1.82. The lowest BCUT2D eigenvalue weighted by Crippen LogP contribution is -2.53. The molecule has 0 aliphatic carbocycles. The fourth-order valence-electron chi connectivity index (χ4n) is 4.90. The molecule has 0 radical (unpaired) electrons. The van der Waals surface area contributed by atoms with Gasteiger partial charge in [-0.05, 0) is 54.8 Å². The molecule has 11 heteroatoms. The quantitative estimate of drug-likeness (QED) is 0.182. The van der Waals surface area contributed by atoms with Crippen LogP contribution in [0.15, 0.2) is 114 Å². The molecule has 1 N–H and O–H groups in total. The number of hydrogen-bond donors (Lipinski definition) is 1. The molecule has 0 saturated heterocycles. The van der Waals surface area contributed by atoms with Crippen LogP contribution in [0, 0.1) is 6.92 Å². The Morgan fingerprint density at radius 2 is 1.46 bits per heavy atom. The van der Waals surface area contributed by atoms with Gasteiger partial charge >= 0.3 is 6.18 Å². The highest BCUT2D eigenvalue weighted by atomic mass is 32.2. The zero-order valence-electron chi connectivity index (χ0n) is 25.6. The minimum Gasteiger partial charge on any atom is -0.354 e. The van der Waals surface area contributed by atoms with Crippen molar-refractivity contribution in [3.63, 3.8) is 0 Å². The predicted molar refractivity (Wildman–Crippen MR) is 171 cm³/mol. The summed E-state index contributed by atoms with van der Waals surface area (Å²) in [7, 11) is -4.52. The summed E-state index contributed by atoms with van der Waals surface area (Å²) in [4.78, 5) is 29.2. The maximum Gasteiger partial charge on any atom is 0.416 e. The number of halogens is 3. The fraction of sp³-hybridized carbons (Fsp3) is 0.257. The van der Waals surface area contributed by atoms with Crippen LogP contribution in [0.1, 0.15) is 35.6 Å². The van der Waals surface area contributed by atoms with Gasteiger partial charge in [0.1, 0.15) is 12.6 Å². The zero-order valence-corrected chi connectivity index (χ0v) is 26.4. The van der Waals surface area contributed by atoms with E-state index in [2.05, 4.69) is 5.32 Å². The summed E-state index contributed by atoms with van der Waals surface area (Å²) in [5.74, 6) is -1.19. The van der Waals surface area contributed by atoms with Crippen LogP contribution in [0.4, 0.5) is 18.9 Å². The molecule has 0 saturated carbocycles. The van der Waals surface area contributed by atoms with Crippen LogP contribution in [0.2, 0.25) is 0 Å². The van der Waals surface area contributed by atoms with Gasteiger partial charge in [0.2, 0.25) is 11.8 Å². The molecule has 4 aromatic carbocycles. The second kappa shape index (κ2) is 15.1. The normalized spacial score (nSPS) is 12.3. The van der Waals surface area contributed by atoms with Gasteiger partial charge < -0.3 is 10.2 Å². The van der Waals surface area contributed by atoms with Gasteiger partial charge in [-0.15, -0.1) is 0 Å². The van der Waals surface area contributed by atoms with Crippen molar-refractivity contribution in [3.05, 3.63) is 131 Å². The smallest absolute Gasteiger partial charge is 0.354 e. The van der Waals surface area contributed by atoms with Crippen molar-refractivity contribution in [2.24, 2.45) is 0 Å². The highest BCUT2D eigenvalue weighted by Gasteiger charge is 2.36. The molecule has 0 heterocycles. The Morgan fingerprint density at radius 3 is 2.07 bits per heavy atom. The molecule has 0 aliphatic rings. The summed E-state index contributed by atoms with van der Waals surface area (Å²) in [5, 5.41) is 2.86. The number of amides is 2. The van der Waals surface area contributed by atoms with Crippen molar-refractivity contribution in [1.82, 2.24) is 10.2 Å². The SMILES string of the molecule is CCCNC(=O)[C@H](Cc1ccccc1)N(Cc1ccc(C)cc1)C(=O)CN(c1cccc(C(F)(F)F)c1)S(=O)(=O)c1ccccc1. The highest BCUT2D eigenvalue weighted by molar-refractivity contribution is 7.92. The van der Waals surface area contributed by atoms with E-state index >= 15 is 0 Å². The summed E-state index contributed by atoms with van der Waals surface area (Å²) in [5.41, 5.74) is 1.04. The number of hydrogen-bond acceptors (Lipinski definition) is 4. The Morgan fingerprint density at radius 1 is 0.826 bits per heavy atom. The lowest BCUT2D eigenvalue weighted by Gasteiger charge is -2.34. The van der Waals surface area contributed by atoms with E-state index < -0.39 is 46.2 Å². The first kappa shape index (κ1) is 34.2. The first-order chi connectivity index (χ1) is 21.9. The van der Waals surface area contributed by atoms with Crippen LogP contribution in [-0.4, -0.2) is 44.3 Å². The van der Waals surface area contributed by atoms with Gasteiger partial charge in [0.15, 0.2) is 0 Å². The molecule has 0 spiro atoms. The average Bonchev–Trinajstić information content (AvgIpc) is 3.05. The van der Waals surface area contributed by atoms with Crippen LogP contribution < -0.4 is 9.62 Å². The molecule has 0 aliphatic heterocycles. The zero-order chi connectivity index (χ0) is 33.3. The van der Waals surface area contributed by atoms with Crippen molar-refractivity contribution >= 4 is 27.5 Å². The van der Waals surface area contributed by atoms with Crippen LogP contribution in [0.5, 0.6) is 0 Å². The molecular weight excluding hydrogens is 615 g/mol. The minimum atomic E-state index is -4.75. The van der Waals surface area contributed by atoms with Gasteiger partial charge in [-0.2, -0.15) is 13.2 Å². The lowest BCUT2D eigenvalue weighted by molar-refractivity contribution is -0.140. The molecule has 0 unspecified atom stereocenters. The molecule has 242 valence electrons. The van der Waals surface area contributed by atoms with Gasteiger partial charge in [-0.1, -0.05) is 91.3 Å². The number of rotatable bonds is 13. The van der Waals surface area contributed by atoms with Crippen LogP contribution >= 0.6 is 0 Å². The number of aryl methyl sites for hydroxylation is 1. The fourth-order valence-corrected chi connectivity index (χ4v) is 6.32. The van der Waals surface area contributed by atoms with Gasteiger partial charge in [-0.25, -0.2) is 8.42 Å². The van der Waals surface area contributed by atoms with Crippen molar-refractivity contribution in [2.45, 2.75) is 50.3 Å². The summed E-state index contributed by atoms with van der Waals surface area (Å²) in [6.45, 7) is 3.26. The van der Waals surface area contributed by atoms with E-state index in [9.17, 15) is 31.2 Å². The number of benzene rings is 4. The Kier molecular flexibility index (Phi) is 11.2. The lowest BCUT2D eigenvalue weighted by atomic mass is 10.0. The summed E-state index contributed by atoms with van der Waals surface area (Å²) in [6, 6.07) is 26.4. The van der Waals surface area contributed by atoms with Crippen LogP contribution in [-0.2, 0) is 38.8 Å². The van der Waals surface area contributed by atoms with Crippen LogP contribution in [0.25, 0.3) is 0 Å². The predicted octanol–water partition coefficient (Wildman–Crippen LogP) is 6.38. The molecule has 0 aromatic heterocycles. The second-order valence-electron chi connectivity index (χ2n) is 10.9. The number of carbonyl (C=O) groups excluding carboxylic acids is 2. The standard InChI is InChI=1S/C35H36F3N3O4S/c1-3-21-39-34(43)32(22-27-11-6-4-7-12-27)40(24-28-19-17-26(2)18-20-28)33(42)25-41(46(44,45)31-15-8-5-9-16-31)30-14-10-13-29(23-30)35(36,37)38/h4-20,23,32H,3,21-22,24-25H2,1-2H3,(H,39,43)/t32-/m0/s1. The Hall–Kier alpha value is -4.64. The molecule has 4 rings (SSSR count). The van der Waals surface area contributed by atoms with Crippen molar-refractivity contribution in [1.29, 1.82) is 0 Å². The minimum absolute atomic E-state index is 0.0437. The molecular formula is C35H36F3N3O4S. The average molecular weight is 652 g/mol. The maximum atomic E-state index is 14.4. The van der Waals surface area contributed by atoms with Gasteiger partial charge in [-0.3, -0.25) is 13.9 Å². The third-order valence-corrected chi connectivity index (χ3v) is 9.15. The number of sulfonamides is 1. The summed E-state index contributed by atoms with van der Waals surface area (Å²) >= 11 is 0. The van der Waals surface area contributed by atoms with Crippen molar-refractivity contribution < 1.29 is 31.2 Å². The molecule has 7 nitrogen and oxygen atoms in total. The van der Waals surface area contributed by atoms with E-state index in [1.807, 2.05) is 68.4 Å².